The Hall–Kier alpha value is -2.87. The number of alkyl halides is 3. The predicted octanol–water partition coefficient (Wildman–Crippen LogP) is 6.16. The summed E-state index contributed by atoms with van der Waals surface area (Å²) >= 11 is 5.70. The van der Waals surface area contributed by atoms with Gasteiger partial charge in [-0.1, -0.05) is 18.5 Å². The fraction of sp³-hybridized carbons (Fsp3) is 0.250. The van der Waals surface area contributed by atoms with E-state index in [0.29, 0.717) is 17.5 Å². The molecule has 3 rings (SSSR count). The zero-order valence-electron chi connectivity index (χ0n) is 15.8. The van der Waals surface area contributed by atoms with Crippen LogP contribution in [0.15, 0.2) is 48.8 Å². The largest absolute Gasteiger partial charge is 0.417 e. The molecule has 0 aliphatic heterocycles. The Morgan fingerprint density at radius 3 is 2.45 bits per heavy atom. The predicted molar refractivity (Wildman–Crippen MR) is 108 cm³/mol. The molecule has 2 heterocycles. The molecule has 5 nitrogen and oxygen atoms in total. The van der Waals surface area contributed by atoms with Crippen LogP contribution in [0.5, 0.6) is 0 Å². The lowest BCUT2D eigenvalue weighted by Crippen LogP contribution is -2.16. The summed E-state index contributed by atoms with van der Waals surface area (Å²) in [5, 5.41) is 5.75. The van der Waals surface area contributed by atoms with Crippen LogP contribution < -0.4 is 10.6 Å². The molecule has 1 atom stereocenters. The zero-order chi connectivity index (χ0) is 21.0. The molecule has 0 unspecified atom stereocenters. The monoisotopic (exact) mass is 421 g/mol. The number of hydrogen-bond acceptors (Lipinski definition) is 5. The highest BCUT2D eigenvalue weighted by molar-refractivity contribution is 6.31. The van der Waals surface area contributed by atoms with Crippen molar-refractivity contribution in [3.63, 3.8) is 0 Å². The minimum absolute atomic E-state index is 0.128. The van der Waals surface area contributed by atoms with Crippen LogP contribution in [0, 0.1) is 0 Å². The average molecular weight is 422 g/mol. The Labute approximate surface area is 171 Å². The Morgan fingerprint density at radius 2 is 1.79 bits per heavy atom. The number of aromatic nitrogens is 3. The van der Waals surface area contributed by atoms with Gasteiger partial charge in [-0.15, -0.1) is 0 Å². The van der Waals surface area contributed by atoms with Crippen molar-refractivity contribution >= 4 is 29.1 Å². The van der Waals surface area contributed by atoms with E-state index in [1.54, 1.807) is 30.6 Å². The van der Waals surface area contributed by atoms with Crippen molar-refractivity contribution < 1.29 is 13.2 Å². The molecule has 2 N–H and O–H groups in total. The maximum atomic E-state index is 13.1. The molecular weight excluding hydrogens is 403 g/mol. The van der Waals surface area contributed by atoms with Gasteiger partial charge in [0.25, 0.3) is 0 Å². The first-order valence-corrected chi connectivity index (χ1v) is 9.34. The van der Waals surface area contributed by atoms with E-state index >= 15 is 0 Å². The molecule has 0 aliphatic carbocycles. The quantitative estimate of drug-likeness (QED) is 0.498. The molecule has 0 saturated carbocycles. The summed E-state index contributed by atoms with van der Waals surface area (Å²) in [7, 11) is 0. The third-order valence-corrected chi connectivity index (χ3v) is 4.56. The number of nitrogens with zero attached hydrogens (tertiary/aromatic N) is 3. The summed E-state index contributed by atoms with van der Waals surface area (Å²) in [4.78, 5) is 12.9. The van der Waals surface area contributed by atoms with Crippen LogP contribution in [0.2, 0.25) is 5.02 Å². The van der Waals surface area contributed by atoms with Gasteiger partial charge in [0.1, 0.15) is 5.82 Å². The van der Waals surface area contributed by atoms with E-state index in [1.807, 2.05) is 13.8 Å². The number of rotatable bonds is 6. The Balaban J connectivity index is 1.99. The van der Waals surface area contributed by atoms with Crippen molar-refractivity contribution in [2.24, 2.45) is 0 Å². The van der Waals surface area contributed by atoms with Crippen molar-refractivity contribution in [3.8, 4) is 11.3 Å². The Bertz CT molecular complexity index is 980. The molecule has 152 valence electrons. The molecule has 0 bridgehead atoms. The lowest BCUT2D eigenvalue weighted by Gasteiger charge is -2.15. The van der Waals surface area contributed by atoms with Gasteiger partial charge >= 0.3 is 6.18 Å². The molecule has 0 saturated heterocycles. The van der Waals surface area contributed by atoms with Crippen LogP contribution in [0.25, 0.3) is 11.3 Å². The highest BCUT2D eigenvalue weighted by Gasteiger charge is 2.33. The molecule has 3 aromatic rings. The van der Waals surface area contributed by atoms with E-state index in [9.17, 15) is 13.2 Å². The summed E-state index contributed by atoms with van der Waals surface area (Å²) in [5.41, 5.74) is 0.728. The van der Waals surface area contributed by atoms with E-state index in [-0.39, 0.29) is 16.8 Å². The molecule has 0 radical (unpaired) electrons. The molecule has 0 fully saturated rings. The molecule has 0 aliphatic rings. The molecule has 2 aromatic heterocycles. The van der Waals surface area contributed by atoms with Gasteiger partial charge in [-0.2, -0.15) is 18.2 Å². The van der Waals surface area contributed by atoms with Crippen LogP contribution in [0.3, 0.4) is 0 Å². The van der Waals surface area contributed by atoms with E-state index < -0.39 is 11.7 Å². The lowest BCUT2D eigenvalue weighted by molar-refractivity contribution is -0.137. The molecule has 9 heteroatoms. The topological polar surface area (TPSA) is 62.7 Å². The standard InChI is InChI=1S/C20H19ClF3N5/c1-3-12(2)26-19-28-17(13-6-8-25-9-7-13)11-18(29-19)27-14-4-5-16(21)15(10-14)20(22,23)24/h4-12H,3H2,1-2H3,(H2,26,27,28,29)/t12-/m0/s1. The van der Waals surface area contributed by atoms with Gasteiger partial charge in [-0.3, -0.25) is 4.98 Å². The lowest BCUT2D eigenvalue weighted by atomic mass is 10.1. The summed E-state index contributed by atoms with van der Waals surface area (Å²) < 4.78 is 39.4. The second-order valence-electron chi connectivity index (χ2n) is 6.47. The summed E-state index contributed by atoms with van der Waals surface area (Å²) in [6.07, 6.45) is -0.411. The number of pyridine rings is 1. The van der Waals surface area contributed by atoms with Crippen molar-refractivity contribution in [2.45, 2.75) is 32.5 Å². The van der Waals surface area contributed by atoms with Gasteiger partial charge in [-0.05, 0) is 43.7 Å². The number of halogens is 4. The van der Waals surface area contributed by atoms with Gasteiger partial charge in [0, 0.05) is 35.8 Å². The minimum Gasteiger partial charge on any atom is -0.352 e. The van der Waals surface area contributed by atoms with Crippen LogP contribution in [-0.2, 0) is 6.18 Å². The normalized spacial score (nSPS) is 12.5. The van der Waals surface area contributed by atoms with Gasteiger partial charge in [-0.25, -0.2) is 4.98 Å². The smallest absolute Gasteiger partial charge is 0.352 e. The zero-order valence-corrected chi connectivity index (χ0v) is 16.5. The first-order valence-electron chi connectivity index (χ1n) is 8.96. The molecule has 0 spiro atoms. The number of hydrogen-bond donors (Lipinski definition) is 2. The highest BCUT2D eigenvalue weighted by Crippen LogP contribution is 2.36. The van der Waals surface area contributed by atoms with Crippen molar-refractivity contribution in [1.29, 1.82) is 0 Å². The second kappa shape index (κ2) is 8.65. The minimum atomic E-state index is -4.55. The third-order valence-electron chi connectivity index (χ3n) is 4.23. The molecule has 1 aromatic carbocycles. The fourth-order valence-electron chi connectivity index (χ4n) is 2.54. The van der Waals surface area contributed by atoms with Crippen molar-refractivity contribution in [3.05, 3.63) is 59.4 Å². The summed E-state index contributed by atoms with van der Waals surface area (Å²) in [6, 6.07) is 9.01. The second-order valence-corrected chi connectivity index (χ2v) is 6.88. The van der Waals surface area contributed by atoms with Gasteiger partial charge in [0.15, 0.2) is 0 Å². The van der Waals surface area contributed by atoms with Crippen LogP contribution in [0.1, 0.15) is 25.8 Å². The van der Waals surface area contributed by atoms with Crippen LogP contribution in [-0.4, -0.2) is 21.0 Å². The maximum absolute atomic E-state index is 13.1. The Morgan fingerprint density at radius 1 is 1.07 bits per heavy atom. The van der Waals surface area contributed by atoms with Crippen LogP contribution in [0.4, 0.5) is 30.6 Å². The van der Waals surface area contributed by atoms with E-state index in [1.165, 1.54) is 12.1 Å². The summed E-state index contributed by atoms with van der Waals surface area (Å²) in [6.45, 7) is 4.01. The first-order chi connectivity index (χ1) is 13.8. The molecule has 0 amide bonds. The van der Waals surface area contributed by atoms with Crippen molar-refractivity contribution in [2.75, 3.05) is 10.6 Å². The Kier molecular flexibility index (Phi) is 6.22. The summed E-state index contributed by atoms with van der Waals surface area (Å²) in [5.74, 6) is 0.731. The number of anilines is 3. The maximum Gasteiger partial charge on any atom is 0.417 e. The van der Waals surface area contributed by atoms with E-state index in [2.05, 4.69) is 25.6 Å². The number of benzene rings is 1. The van der Waals surface area contributed by atoms with Crippen LogP contribution >= 0.6 is 11.6 Å². The number of nitrogens with one attached hydrogen (secondary N) is 2. The van der Waals surface area contributed by atoms with Crippen molar-refractivity contribution in [1.82, 2.24) is 15.0 Å². The molecule has 29 heavy (non-hydrogen) atoms. The fourth-order valence-corrected chi connectivity index (χ4v) is 2.76. The van der Waals surface area contributed by atoms with Gasteiger partial charge in [0.05, 0.1) is 16.3 Å². The van der Waals surface area contributed by atoms with Gasteiger partial charge in [0.2, 0.25) is 5.95 Å². The third kappa shape index (κ3) is 5.35. The molecular formula is C20H19ClF3N5. The van der Waals surface area contributed by atoms with E-state index in [4.69, 9.17) is 11.6 Å². The van der Waals surface area contributed by atoms with E-state index in [0.717, 1.165) is 18.1 Å². The SMILES string of the molecule is CC[C@H](C)Nc1nc(Nc2ccc(Cl)c(C(F)(F)F)c2)cc(-c2ccncc2)n1. The average Bonchev–Trinajstić information content (AvgIpc) is 2.69. The first kappa shape index (κ1) is 20.9. The van der Waals surface area contributed by atoms with Gasteiger partial charge < -0.3 is 10.6 Å². The highest BCUT2D eigenvalue weighted by atomic mass is 35.5.